The van der Waals surface area contributed by atoms with Crippen molar-refractivity contribution in [1.29, 1.82) is 0 Å². The number of likely N-dealkylation sites (N-methyl/N-ethyl adjacent to an activating group) is 1. The fraction of sp³-hybridized carbons (Fsp3) is 0.364. The number of nitrogens with one attached hydrogen (secondary N) is 1. The molecule has 0 amide bonds. The SMILES string of the molecule is CNCC(N)C(=O)OCc1ccccc1. The molecule has 0 heterocycles. The minimum absolute atomic E-state index is 0.275. The summed E-state index contributed by atoms with van der Waals surface area (Å²) in [4.78, 5) is 11.3. The van der Waals surface area contributed by atoms with Crippen molar-refractivity contribution in [1.82, 2.24) is 5.32 Å². The van der Waals surface area contributed by atoms with Crippen molar-refractivity contribution in [3.8, 4) is 0 Å². The van der Waals surface area contributed by atoms with E-state index in [4.69, 9.17) is 10.5 Å². The number of ether oxygens (including phenoxy) is 1. The summed E-state index contributed by atoms with van der Waals surface area (Å²) in [5.41, 5.74) is 6.52. The van der Waals surface area contributed by atoms with Crippen LogP contribution in [-0.2, 0) is 16.1 Å². The number of hydrogen-bond acceptors (Lipinski definition) is 4. The molecule has 4 heteroatoms. The molecule has 1 aromatic carbocycles. The molecule has 3 N–H and O–H groups in total. The highest BCUT2D eigenvalue weighted by Gasteiger charge is 2.13. The summed E-state index contributed by atoms with van der Waals surface area (Å²) >= 11 is 0. The van der Waals surface area contributed by atoms with Crippen LogP contribution in [0.1, 0.15) is 5.56 Å². The second kappa shape index (κ2) is 6.16. The van der Waals surface area contributed by atoms with Crippen LogP contribution in [0.25, 0.3) is 0 Å². The second-order valence-corrected chi connectivity index (χ2v) is 3.26. The number of hydrogen-bond donors (Lipinski definition) is 2. The van der Waals surface area contributed by atoms with Crippen molar-refractivity contribution in [2.45, 2.75) is 12.6 Å². The van der Waals surface area contributed by atoms with Crippen molar-refractivity contribution in [2.24, 2.45) is 5.73 Å². The third kappa shape index (κ3) is 4.10. The zero-order valence-corrected chi connectivity index (χ0v) is 8.77. The standard InChI is InChI=1S/C11H16N2O2/c1-13-7-10(12)11(14)15-8-9-5-3-2-4-6-9/h2-6,10,13H,7-8,12H2,1H3. The largest absolute Gasteiger partial charge is 0.460 e. The molecule has 0 fully saturated rings. The van der Waals surface area contributed by atoms with Crippen LogP contribution in [-0.4, -0.2) is 25.6 Å². The average molecular weight is 208 g/mol. The van der Waals surface area contributed by atoms with Gasteiger partial charge in [-0.2, -0.15) is 0 Å². The van der Waals surface area contributed by atoms with E-state index in [0.717, 1.165) is 5.56 Å². The van der Waals surface area contributed by atoms with Crippen LogP contribution in [0.4, 0.5) is 0 Å². The molecule has 82 valence electrons. The van der Waals surface area contributed by atoms with Crippen molar-refractivity contribution in [3.05, 3.63) is 35.9 Å². The lowest BCUT2D eigenvalue weighted by Crippen LogP contribution is -2.40. The molecule has 0 aliphatic heterocycles. The van der Waals surface area contributed by atoms with Gasteiger partial charge in [-0.1, -0.05) is 30.3 Å². The number of benzene rings is 1. The molecule has 0 aromatic heterocycles. The molecule has 0 saturated heterocycles. The summed E-state index contributed by atoms with van der Waals surface area (Å²) in [6, 6.07) is 8.91. The van der Waals surface area contributed by atoms with E-state index in [1.165, 1.54) is 0 Å². The quantitative estimate of drug-likeness (QED) is 0.682. The lowest BCUT2D eigenvalue weighted by Gasteiger charge is -2.10. The Balaban J connectivity index is 2.34. The summed E-state index contributed by atoms with van der Waals surface area (Å²) < 4.78 is 5.04. The summed E-state index contributed by atoms with van der Waals surface area (Å²) in [5.74, 6) is -0.381. The number of carbonyl (C=O) groups excluding carboxylic acids is 1. The van der Waals surface area contributed by atoms with E-state index in [9.17, 15) is 4.79 Å². The summed E-state index contributed by atoms with van der Waals surface area (Å²) in [5, 5.41) is 2.82. The molecule has 0 aliphatic rings. The van der Waals surface area contributed by atoms with Crippen molar-refractivity contribution < 1.29 is 9.53 Å². The zero-order chi connectivity index (χ0) is 11.1. The molecule has 4 nitrogen and oxygen atoms in total. The van der Waals surface area contributed by atoms with Crippen LogP contribution in [0.15, 0.2) is 30.3 Å². The molecule has 1 unspecified atom stereocenters. The fourth-order valence-electron chi connectivity index (χ4n) is 1.14. The highest BCUT2D eigenvalue weighted by atomic mass is 16.5. The van der Waals surface area contributed by atoms with E-state index < -0.39 is 6.04 Å². The predicted molar refractivity (Wildman–Crippen MR) is 58.1 cm³/mol. The Labute approximate surface area is 89.4 Å². The van der Waals surface area contributed by atoms with Gasteiger partial charge in [-0.15, -0.1) is 0 Å². The highest BCUT2D eigenvalue weighted by molar-refractivity contribution is 5.75. The molecule has 1 aromatic rings. The maximum Gasteiger partial charge on any atom is 0.324 e. The number of carbonyl (C=O) groups is 1. The van der Waals surface area contributed by atoms with Gasteiger partial charge in [0.1, 0.15) is 12.6 Å². The molecule has 0 aliphatic carbocycles. The van der Waals surface area contributed by atoms with E-state index in [0.29, 0.717) is 6.54 Å². The lowest BCUT2D eigenvalue weighted by atomic mass is 10.2. The number of rotatable bonds is 5. The lowest BCUT2D eigenvalue weighted by molar-refractivity contribution is -0.146. The molecule has 1 atom stereocenters. The third-order valence-electron chi connectivity index (χ3n) is 1.95. The van der Waals surface area contributed by atoms with Gasteiger partial charge in [0, 0.05) is 6.54 Å². The first-order valence-electron chi connectivity index (χ1n) is 4.84. The summed E-state index contributed by atoms with van der Waals surface area (Å²) in [6.45, 7) is 0.699. The van der Waals surface area contributed by atoms with Gasteiger partial charge in [0.2, 0.25) is 0 Å². The van der Waals surface area contributed by atoms with E-state index in [-0.39, 0.29) is 12.6 Å². The molecule has 0 saturated carbocycles. The van der Waals surface area contributed by atoms with Crippen LogP contribution < -0.4 is 11.1 Å². The first kappa shape index (κ1) is 11.7. The Kier molecular flexibility index (Phi) is 4.80. The molecule has 1 rings (SSSR count). The van der Waals surface area contributed by atoms with Crippen LogP contribution in [0.2, 0.25) is 0 Å². The van der Waals surface area contributed by atoms with Gasteiger partial charge >= 0.3 is 5.97 Å². The van der Waals surface area contributed by atoms with Gasteiger partial charge < -0.3 is 15.8 Å². The van der Waals surface area contributed by atoms with Gasteiger partial charge in [0.25, 0.3) is 0 Å². The van der Waals surface area contributed by atoms with Crippen molar-refractivity contribution in [2.75, 3.05) is 13.6 Å². The van der Waals surface area contributed by atoms with Gasteiger partial charge in [-0.05, 0) is 12.6 Å². The van der Waals surface area contributed by atoms with E-state index in [1.807, 2.05) is 30.3 Å². The first-order valence-corrected chi connectivity index (χ1v) is 4.84. The van der Waals surface area contributed by atoms with E-state index in [2.05, 4.69) is 5.32 Å². The Morgan fingerprint density at radius 2 is 2.13 bits per heavy atom. The Bertz CT molecular complexity index is 301. The normalized spacial score (nSPS) is 12.1. The predicted octanol–water partition coefficient (Wildman–Crippen LogP) is 0.277. The van der Waals surface area contributed by atoms with Crippen molar-refractivity contribution >= 4 is 5.97 Å². The van der Waals surface area contributed by atoms with Gasteiger partial charge in [-0.3, -0.25) is 4.79 Å². The average Bonchev–Trinajstić information content (AvgIpc) is 2.27. The van der Waals surface area contributed by atoms with Crippen LogP contribution in [0.5, 0.6) is 0 Å². The number of nitrogens with two attached hydrogens (primary N) is 1. The van der Waals surface area contributed by atoms with Crippen molar-refractivity contribution in [3.63, 3.8) is 0 Å². The molecular formula is C11H16N2O2. The molecule has 0 radical (unpaired) electrons. The first-order chi connectivity index (χ1) is 7.24. The third-order valence-corrected chi connectivity index (χ3v) is 1.95. The summed E-state index contributed by atoms with van der Waals surface area (Å²) in [7, 11) is 1.74. The minimum Gasteiger partial charge on any atom is -0.460 e. The van der Waals surface area contributed by atoms with Gasteiger partial charge in [0.05, 0.1) is 0 Å². The van der Waals surface area contributed by atoms with Crippen LogP contribution >= 0.6 is 0 Å². The van der Waals surface area contributed by atoms with Gasteiger partial charge in [-0.25, -0.2) is 0 Å². The molecule has 0 bridgehead atoms. The Morgan fingerprint density at radius 3 is 2.73 bits per heavy atom. The Hall–Kier alpha value is -1.39. The number of esters is 1. The smallest absolute Gasteiger partial charge is 0.324 e. The second-order valence-electron chi connectivity index (χ2n) is 3.26. The highest BCUT2D eigenvalue weighted by Crippen LogP contribution is 2.01. The zero-order valence-electron chi connectivity index (χ0n) is 8.77. The Morgan fingerprint density at radius 1 is 1.47 bits per heavy atom. The monoisotopic (exact) mass is 208 g/mol. The maximum absolute atomic E-state index is 11.3. The minimum atomic E-state index is -0.598. The summed E-state index contributed by atoms with van der Waals surface area (Å²) in [6.07, 6.45) is 0. The molecule has 15 heavy (non-hydrogen) atoms. The molecular weight excluding hydrogens is 192 g/mol. The van der Waals surface area contributed by atoms with E-state index >= 15 is 0 Å². The van der Waals surface area contributed by atoms with Crippen LogP contribution in [0.3, 0.4) is 0 Å². The van der Waals surface area contributed by atoms with Crippen LogP contribution in [0, 0.1) is 0 Å². The fourth-order valence-corrected chi connectivity index (χ4v) is 1.14. The van der Waals surface area contributed by atoms with E-state index in [1.54, 1.807) is 7.05 Å². The maximum atomic E-state index is 11.3. The molecule has 0 spiro atoms. The van der Waals surface area contributed by atoms with Gasteiger partial charge in [0.15, 0.2) is 0 Å². The topological polar surface area (TPSA) is 64.3 Å².